The second kappa shape index (κ2) is 9.03. The lowest BCUT2D eigenvalue weighted by molar-refractivity contribution is 1.06. The van der Waals surface area contributed by atoms with Crippen LogP contribution >= 0.6 is 0 Å². The SMILES string of the molecule is c1ccc2c(c1)ccc1c2c2c3c(cc4c5ccccc5n1c42)c1ccccc1n3-c1ccc(-n2c3ccccc3c3ccccc32)cn1. The third kappa shape index (κ3) is 3.12. The highest BCUT2D eigenvalue weighted by Gasteiger charge is 2.25. The molecule has 12 rings (SSSR count). The Hall–Kier alpha value is -6.65. The van der Waals surface area contributed by atoms with Crippen LogP contribution in [-0.2, 0) is 0 Å². The Morgan fingerprint density at radius 1 is 0.367 bits per heavy atom. The Kier molecular flexibility index (Phi) is 4.69. The summed E-state index contributed by atoms with van der Waals surface area (Å²) in [4.78, 5) is 5.26. The minimum absolute atomic E-state index is 0.905. The summed E-state index contributed by atoms with van der Waals surface area (Å²) in [5.74, 6) is 0.905. The minimum Gasteiger partial charge on any atom is -0.308 e. The standard InChI is InChI=1S/C45H26N4/c1-2-12-29-27(11-1)21-23-40-42(29)43-44-34(32-15-5-9-19-38(32)48(40)44)25-35-33-16-6-10-20-39(33)49(45(35)43)41-24-22-28(26-46-41)47-36-17-7-3-13-30(36)31-14-4-8-18-37(31)47/h1-26H. The fourth-order valence-corrected chi connectivity index (χ4v) is 8.85. The number of pyridine rings is 1. The van der Waals surface area contributed by atoms with Crippen LogP contribution in [0.3, 0.4) is 0 Å². The molecule has 0 atom stereocenters. The highest BCUT2D eigenvalue weighted by molar-refractivity contribution is 6.37. The van der Waals surface area contributed by atoms with Crippen molar-refractivity contribution in [2.45, 2.75) is 0 Å². The van der Waals surface area contributed by atoms with Gasteiger partial charge in [0, 0.05) is 43.1 Å². The van der Waals surface area contributed by atoms with E-state index in [1.165, 1.54) is 87.0 Å². The van der Waals surface area contributed by atoms with Crippen LogP contribution in [0.1, 0.15) is 0 Å². The number of hydrogen-bond acceptors (Lipinski definition) is 1. The molecule has 4 nitrogen and oxygen atoms in total. The maximum atomic E-state index is 5.26. The number of nitrogens with zero attached hydrogens (tertiary/aromatic N) is 4. The van der Waals surface area contributed by atoms with E-state index in [4.69, 9.17) is 4.98 Å². The summed E-state index contributed by atoms with van der Waals surface area (Å²) < 4.78 is 7.22. The molecule has 0 fully saturated rings. The van der Waals surface area contributed by atoms with Crippen molar-refractivity contribution in [1.82, 2.24) is 18.5 Å². The molecule has 226 valence electrons. The summed E-state index contributed by atoms with van der Waals surface area (Å²) in [5, 5.41) is 12.6. The zero-order valence-corrected chi connectivity index (χ0v) is 26.3. The van der Waals surface area contributed by atoms with E-state index in [2.05, 4.69) is 165 Å². The van der Waals surface area contributed by atoms with Crippen LogP contribution in [0.5, 0.6) is 0 Å². The molecule has 0 N–H and O–H groups in total. The van der Waals surface area contributed by atoms with Gasteiger partial charge in [0.15, 0.2) is 0 Å². The number of para-hydroxylation sites is 4. The molecule has 49 heavy (non-hydrogen) atoms. The average Bonchev–Trinajstić information content (AvgIpc) is 3.89. The number of aromatic nitrogens is 4. The Balaban J connectivity index is 1.24. The quantitative estimate of drug-likeness (QED) is 0.188. The zero-order chi connectivity index (χ0) is 31.8. The van der Waals surface area contributed by atoms with Gasteiger partial charge in [-0.2, -0.15) is 0 Å². The molecule has 0 aliphatic rings. The van der Waals surface area contributed by atoms with Crippen molar-refractivity contribution in [3.05, 3.63) is 158 Å². The lowest BCUT2D eigenvalue weighted by Crippen LogP contribution is -2.00. The first-order valence-electron chi connectivity index (χ1n) is 16.8. The normalized spacial score (nSPS) is 12.5. The molecule has 5 heterocycles. The van der Waals surface area contributed by atoms with Crippen LogP contribution in [0.2, 0.25) is 0 Å². The first-order chi connectivity index (χ1) is 24.3. The molecule has 7 aromatic carbocycles. The zero-order valence-electron chi connectivity index (χ0n) is 26.3. The Labute approximate surface area is 279 Å². The molecule has 0 saturated heterocycles. The molecule has 4 heteroatoms. The van der Waals surface area contributed by atoms with Crippen molar-refractivity contribution in [2.24, 2.45) is 0 Å². The molecule has 0 aliphatic carbocycles. The predicted octanol–water partition coefficient (Wildman–Crippen LogP) is 11.6. The molecule has 0 amide bonds. The maximum absolute atomic E-state index is 5.26. The third-order valence-corrected chi connectivity index (χ3v) is 10.8. The molecule has 0 spiro atoms. The van der Waals surface area contributed by atoms with Gasteiger partial charge in [0.25, 0.3) is 0 Å². The second-order valence-corrected chi connectivity index (χ2v) is 13.2. The largest absolute Gasteiger partial charge is 0.308 e. The topological polar surface area (TPSA) is 27.2 Å². The molecule has 0 bridgehead atoms. The van der Waals surface area contributed by atoms with Gasteiger partial charge in [-0.1, -0.05) is 103 Å². The highest BCUT2D eigenvalue weighted by atomic mass is 15.1. The summed E-state index contributed by atoms with van der Waals surface area (Å²) in [5.41, 5.74) is 9.51. The Morgan fingerprint density at radius 3 is 1.59 bits per heavy atom. The van der Waals surface area contributed by atoms with E-state index in [1.807, 2.05) is 6.20 Å². The number of hydrogen-bond donors (Lipinski definition) is 0. The molecule has 0 radical (unpaired) electrons. The molecule has 0 unspecified atom stereocenters. The van der Waals surface area contributed by atoms with Gasteiger partial charge >= 0.3 is 0 Å². The van der Waals surface area contributed by atoms with E-state index < -0.39 is 0 Å². The second-order valence-electron chi connectivity index (χ2n) is 13.2. The number of fused-ring (bicyclic) bond motifs is 15. The summed E-state index contributed by atoms with van der Waals surface area (Å²) in [6.45, 7) is 0. The van der Waals surface area contributed by atoms with Crippen molar-refractivity contribution in [3.8, 4) is 11.5 Å². The monoisotopic (exact) mass is 622 g/mol. The molecule has 0 aliphatic heterocycles. The van der Waals surface area contributed by atoms with Crippen molar-refractivity contribution in [3.63, 3.8) is 0 Å². The van der Waals surface area contributed by atoms with Gasteiger partial charge in [-0.05, 0) is 59.3 Å². The van der Waals surface area contributed by atoms with E-state index >= 15 is 0 Å². The number of rotatable bonds is 2. The summed E-state index contributed by atoms with van der Waals surface area (Å²) in [6.07, 6.45) is 2.03. The number of benzene rings is 7. The molecule has 5 aromatic heterocycles. The van der Waals surface area contributed by atoms with Crippen molar-refractivity contribution < 1.29 is 0 Å². The maximum Gasteiger partial charge on any atom is 0.137 e. The molecule has 12 aromatic rings. The minimum atomic E-state index is 0.905. The first kappa shape index (κ1) is 25.4. The van der Waals surface area contributed by atoms with E-state index in [9.17, 15) is 0 Å². The fourth-order valence-electron chi connectivity index (χ4n) is 8.85. The van der Waals surface area contributed by atoms with Gasteiger partial charge in [0.05, 0.1) is 50.5 Å². The van der Waals surface area contributed by atoms with Crippen LogP contribution in [-0.4, -0.2) is 18.5 Å². The van der Waals surface area contributed by atoms with Crippen LogP contribution in [0.4, 0.5) is 0 Å². The smallest absolute Gasteiger partial charge is 0.137 e. The van der Waals surface area contributed by atoms with E-state index in [-0.39, 0.29) is 0 Å². The van der Waals surface area contributed by atoms with Crippen LogP contribution < -0.4 is 0 Å². The summed E-state index contributed by atoms with van der Waals surface area (Å²) in [7, 11) is 0. The summed E-state index contributed by atoms with van der Waals surface area (Å²) >= 11 is 0. The van der Waals surface area contributed by atoms with Crippen molar-refractivity contribution in [1.29, 1.82) is 0 Å². The lowest BCUT2D eigenvalue weighted by Gasteiger charge is -2.11. The van der Waals surface area contributed by atoms with E-state index in [0.717, 1.165) is 17.0 Å². The third-order valence-electron chi connectivity index (χ3n) is 10.8. The highest BCUT2D eigenvalue weighted by Crippen LogP contribution is 2.47. The first-order valence-corrected chi connectivity index (χ1v) is 16.8. The van der Waals surface area contributed by atoms with Crippen LogP contribution in [0.15, 0.2) is 158 Å². The summed E-state index contributed by atoms with van der Waals surface area (Å²) in [6, 6.07) is 55.1. The molecular weight excluding hydrogens is 597 g/mol. The van der Waals surface area contributed by atoms with Gasteiger partial charge in [0.2, 0.25) is 0 Å². The lowest BCUT2D eigenvalue weighted by atomic mass is 10.00. The van der Waals surface area contributed by atoms with E-state index in [0.29, 0.717) is 0 Å². The van der Waals surface area contributed by atoms with Crippen LogP contribution in [0.25, 0.3) is 104 Å². The van der Waals surface area contributed by atoms with Gasteiger partial charge in [-0.3, -0.25) is 4.57 Å². The van der Waals surface area contributed by atoms with Gasteiger partial charge in [0.1, 0.15) is 5.82 Å². The Morgan fingerprint density at radius 2 is 0.918 bits per heavy atom. The van der Waals surface area contributed by atoms with E-state index in [1.54, 1.807) is 0 Å². The van der Waals surface area contributed by atoms with Gasteiger partial charge in [-0.25, -0.2) is 4.98 Å². The van der Waals surface area contributed by atoms with Crippen LogP contribution in [0, 0.1) is 0 Å². The predicted molar refractivity (Wildman–Crippen MR) is 205 cm³/mol. The Bertz CT molecular complexity index is 3270. The molecule has 0 saturated carbocycles. The van der Waals surface area contributed by atoms with Gasteiger partial charge in [-0.15, -0.1) is 0 Å². The fraction of sp³-hybridized carbons (Fsp3) is 0. The van der Waals surface area contributed by atoms with Crippen molar-refractivity contribution >= 4 is 92.5 Å². The van der Waals surface area contributed by atoms with Crippen molar-refractivity contribution in [2.75, 3.05) is 0 Å². The average molecular weight is 623 g/mol. The van der Waals surface area contributed by atoms with Gasteiger partial charge < -0.3 is 8.97 Å². The molecular formula is C45H26N4.